The number of hydrogen-bond acceptors (Lipinski definition) is 4. The smallest absolute Gasteiger partial charge is 0.175 e. The van der Waals surface area contributed by atoms with Crippen molar-refractivity contribution >= 4 is 0 Å². The van der Waals surface area contributed by atoms with Crippen LogP contribution in [0.25, 0.3) is 0 Å². The van der Waals surface area contributed by atoms with E-state index in [9.17, 15) is 4.39 Å². The van der Waals surface area contributed by atoms with Gasteiger partial charge in [0.2, 0.25) is 0 Å². The number of hydrogen-bond donors (Lipinski definition) is 1. The lowest BCUT2D eigenvalue weighted by Gasteiger charge is -1.99. The first kappa shape index (κ1) is 11.7. The fourth-order valence-corrected chi connectivity index (χ4v) is 1.53. The average Bonchev–Trinajstić information content (AvgIpc) is 2.76. The number of nitrogens with zero attached hydrogens (tertiary/aromatic N) is 4. The summed E-state index contributed by atoms with van der Waals surface area (Å²) in [5.41, 5.74) is 6.05. The molecule has 0 aliphatic heterocycles. The molecule has 17 heavy (non-hydrogen) atoms. The van der Waals surface area contributed by atoms with Gasteiger partial charge in [-0.15, -0.1) is 10.2 Å². The number of halogens is 1. The molecule has 5 nitrogen and oxygen atoms in total. The van der Waals surface area contributed by atoms with Gasteiger partial charge in [-0.05, 0) is 23.3 Å². The van der Waals surface area contributed by atoms with Crippen molar-refractivity contribution in [1.82, 2.24) is 20.2 Å². The molecule has 0 unspecified atom stereocenters. The molecule has 0 fully saturated rings. The first-order valence-corrected chi connectivity index (χ1v) is 5.50. The molecule has 6 heteroatoms. The summed E-state index contributed by atoms with van der Waals surface area (Å²) in [5.74, 6) is 0.420. The maximum atomic E-state index is 13.3. The monoisotopic (exact) mass is 235 g/mol. The van der Waals surface area contributed by atoms with Crippen molar-refractivity contribution in [2.75, 3.05) is 6.54 Å². The van der Waals surface area contributed by atoms with Gasteiger partial charge in [-0.2, -0.15) is 4.80 Å². The van der Waals surface area contributed by atoms with Gasteiger partial charge in [-0.1, -0.05) is 18.2 Å². The van der Waals surface area contributed by atoms with Gasteiger partial charge < -0.3 is 5.73 Å². The van der Waals surface area contributed by atoms with E-state index >= 15 is 0 Å². The van der Waals surface area contributed by atoms with E-state index < -0.39 is 0 Å². The van der Waals surface area contributed by atoms with E-state index in [0.717, 1.165) is 0 Å². The topological polar surface area (TPSA) is 69.6 Å². The summed E-state index contributed by atoms with van der Waals surface area (Å²) in [6.45, 7) is 1.02. The molecule has 0 saturated carbocycles. The maximum Gasteiger partial charge on any atom is 0.175 e. The zero-order valence-electron chi connectivity index (χ0n) is 9.38. The lowest BCUT2D eigenvalue weighted by atomic mass is 10.1. The predicted molar refractivity (Wildman–Crippen MR) is 60.7 cm³/mol. The van der Waals surface area contributed by atoms with Crippen molar-refractivity contribution < 1.29 is 4.39 Å². The highest BCUT2D eigenvalue weighted by molar-refractivity contribution is 5.17. The molecule has 0 bridgehead atoms. The minimum atomic E-state index is -0.193. The SMILES string of the molecule is NCCn1nnc(CCc2ccccc2F)n1. The molecule has 90 valence electrons. The van der Waals surface area contributed by atoms with Gasteiger partial charge in [0, 0.05) is 13.0 Å². The molecule has 2 rings (SSSR count). The second-order valence-electron chi connectivity index (χ2n) is 3.68. The van der Waals surface area contributed by atoms with Crippen molar-refractivity contribution in [3.8, 4) is 0 Å². The molecule has 2 N–H and O–H groups in total. The second-order valence-corrected chi connectivity index (χ2v) is 3.68. The maximum absolute atomic E-state index is 13.3. The number of rotatable bonds is 5. The summed E-state index contributed by atoms with van der Waals surface area (Å²) in [4.78, 5) is 1.46. The minimum Gasteiger partial charge on any atom is -0.329 e. The van der Waals surface area contributed by atoms with Gasteiger partial charge >= 0.3 is 0 Å². The van der Waals surface area contributed by atoms with Gasteiger partial charge in [0.25, 0.3) is 0 Å². The van der Waals surface area contributed by atoms with Crippen molar-refractivity contribution in [1.29, 1.82) is 0 Å². The molecule has 2 aromatic rings. The Labute approximate surface area is 98.4 Å². The number of aryl methyl sites for hydroxylation is 2. The highest BCUT2D eigenvalue weighted by Crippen LogP contribution is 2.08. The summed E-state index contributed by atoms with van der Waals surface area (Å²) >= 11 is 0. The molecular weight excluding hydrogens is 221 g/mol. The third-order valence-corrected chi connectivity index (χ3v) is 2.40. The first-order chi connectivity index (χ1) is 8.29. The number of aromatic nitrogens is 4. The van der Waals surface area contributed by atoms with Crippen LogP contribution in [0.2, 0.25) is 0 Å². The van der Waals surface area contributed by atoms with E-state index in [2.05, 4.69) is 15.4 Å². The van der Waals surface area contributed by atoms with Crippen LogP contribution >= 0.6 is 0 Å². The third-order valence-electron chi connectivity index (χ3n) is 2.40. The van der Waals surface area contributed by atoms with E-state index in [1.165, 1.54) is 10.9 Å². The van der Waals surface area contributed by atoms with E-state index in [1.54, 1.807) is 12.1 Å². The molecular formula is C11H14FN5. The Kier molecular flexibility index (Phi) is 3.77. The molecule has 1 aromatic heterocycles. The van der Waals surface area contributed by atoms with E-state index in [1.807, 2.05) is 6.07 Å². The second kappa shape index (κ2) is 5.49. The zero-order chi connectivity index (χ0) is 12.1. The Balaban J connectivity index is 1.95. The lowest BCUT2D eigenvalue weighted by Crippen LogP contribution is -2.12. The summed E-state index contributed by atoms with van der Waals surface area (Å²) in [7, 11) is 0. The van der Waals surface area contributed by atoms with Crippen LogP contribution in [0.3, 0.4) is 0 Å². The van der Waals surface area contributed by atoms with Gasteiger partial charge in [0.05, 0.1) is 6.54 Å². The normalized spacial score (nSPS) is 10.7. The third kappa shape index (κ3) is 3.07. The average molecular weight is 235 g/mol. The highest BCUT2D eigenvalue weighted by atomic mass is 19.1. The molecule has 0 saturated heterocycles. The van der Waals surface area contributed by atoms with Gasteiger partial charge in [-0.25, -0.2) is 4.39 Å². The van der Waals surface area contributed by atoms with E-state index in [0.29, 0.717) is 37.3 Å². The fraction of sp³-hybridized carbons (Fsp3) is 0.364. The van der Waals surface area contributed by atoms with Crippen molar-refractivity contribution in [2.45, 2.75) is 19.4 Å². The molecule has 0 aliphatic rings. The Morgan fingerprint density at radius 3 is 2.82 bits per heavy atom. The van der Waals surface area contributed by atoms with E-state index in [-0.39, 0.29) is 5.82 Å². The van der Waals surface area contributed by atoms with Crippen molar-refractivity contribution in [2.24, 2.45) is 5.73 Å². The van der Waals surface area contributed by atoms with Crippen molar-refractivity contribution in [3.63, 3.8) is 0 Å². The van der Waals surface area contributed by atoms with Crippen LogP contribution in [-0.4, -0.2) is 26.8 Å². The highest BCUT2D eigenvalue weighted by Gasteiger charge is 2.05. The first-order valence-electron chi connectivity index (χ1n) is 5.50. The Bertz CT molecular complexity index is 482. The predicted octanol–water partition coefficient (Wildman–Crippen LogP) is 0.556. The summed E-state index contributed by atoms with van der Waals surface area (Å²) in [6, 6.07) is 6.71. The van der Waals surface area contributed by atoms with Crippen LogP contribution in [0.4, 0.5) is 4.39 Å². The molecule has 0 spiro atoms. The summed E-state index contributed by atoms with van der Waals surface area (Å²) in [6.07, 6.45) is 1.15. The van der Waals surface area contributed by atoms with Gasteiger partial charge in [0.1, 0.15) is 5.82 Å². The van der Waals surface area contributed by atoms with Gasteiger partial charge in [0.15, 0.2) is 5.82 Å². The Morgan fingerprint density at radius 1 is 1.24 bits per heavy atom. The van der Waals surface area contributed by atoms with Crippen LogP contribution in [0, 0.1) is 5.82 Å². The van der Waals surface area contributed by atoms with Gasteiger partial charge in [-0.3, -0.25) is 0 Å². The largest absolute Gasteiger partial charge is 0.329 e. The van der Waals surface area contributed by atoms with E-state index in [4.69, 9.17) is 5.73 Å². The lowest BCUT2D eigenvalue weighted by molar-refractivity contribution is 0.528. The van der Waals surface area contributed by atoms with Crippen LogP contribution in [-0.2, 0) is 19.4 Å². The Morgan fingerprint density at radius 2 is 2.06 bits per heavy atom. The van der Waals surface area contributed by atoms with Crippen LogP contribution in [0.15, 0.2) is 24.3 Å². The molecule has 0 aliphatic carbocycles. The Hall–Kier alpha value is -1.82. The zero-order valence-corrected chi connectivity index (χ0v) is 9.38. The summed E-state index contributed by atoms with van der Waals surface area (Å²) < 4.78 is 13.3. The number of benzene rings is 1. The standard InChI is InChI=1S/C11H14FN5/c12-10-4-2-1-3-9(10)5-6-11-14-16-17(15-11)8-7-13/h1-4H,5-8,13H2. The summed E-state index contributed by atoms with van der Waals surface area (Å²) in [5, 5.41) is 11.9. The van der Waals surface area contributed by atoms with Crippen LogP contribution in [0.1, 0.15) is 11.4 Å². The minimum absolute atomic E-state index is 0.193. The molecule has 1 heterocycles. The molecule has 0 radical (unpaired) electrons. The molecule has 0 amide bonds. The van der Waals surface area contributed by atoms with Crippen molar-refractivity contribution in [3.05, 3.63) is 41.5 Å². The number of nitrogens with two attached hydrogens (primary N) is 1. The molecule has 0 atom stereocenters. The quantitative estimate of drug-likeness (QED) is 0.822. The molecule has 1 aromatic carbocycles. The number of tetrazole rings is 1. The van der Waals surface area contributed by atoms with Crippen LogP contribution < -0.4 is 5.73 Å². The fourth-order valence-electron chi connectivity index (χ4n) is 1.53. The van der Waals surface area contributed by atoms with Crippen LogP contribution in [0.5, 0.6) is 0 Å².